The molecule has 0 bridgehead atoms. The van der Waals surface area contributed by atoms with Crippen LogP contribution in [-0.2, 0) is 80.1 Å². The highest BCUT2D eigenvalue weighted by Gasteiger charge is 2.24. The first-order valence-electron chi connectivity index (χ1n) is 22.9. The van der Waals surface area contributed by atoms with E-state index in [-0.39, 0.29) is 99.4 Å². The van der Waals surface area contributed by atoms with Crippen LogP contribution in [0.3, 0.4) is 0 Å². The lowest BCUT2D eigenvalue weighted by molar-refractivity contribution is -0.149. The summed E-state index contributed by atoms with van der Waals surface area (Å²) in [5.74, 6) is -3.21. The van der Waals surface area contributed by atoms with E-state index < -0.39 is 41.9 Å². The first-order valence-corrected chi connectivity index (χ1v) is 22.9. The number of esters is 4. The number of carboxylic acid groups (broad SMARTS) is 1. The van der Waals surface area contributed by atoms with E-state index in [9.17, 15) is 48.6 Å². The number of hydrogen-bond acceptors (Lipinski definition) is 14. The molecule has 5 rings (SSSR count). The van der Waals surface area contributed by atoms with Gasteiger partial charge in [-0.05, 0) is 103 Å². The normalized spacial score (nSPS) is 11.3. The van der Waals surface area contributed by atoms with Crippen LogP contribution >= 0.6 is 0 Å². The van der Waals surface area contributed by atoms with Gasteiger partial charge in [-0.1, -0.05) is 78.9 Å². The predicted octanol–water partition coefficient (Wildman–Crippen LogP) is 6.46. The van der Waals surface area contributed by atoms with Crippen molar-refractivity contribution >= 4 is 47.4 Å². The van der Waals surface area contributed by atoms with E-state index in [1.54, 1.807) is 91.9 Å². The Bertz CT molecular complexity index is 2530. The Kier molecular flexibility index (Phi) is 23.0. The molecule has 0 radical (unpaired) electrons. The minimum atomic E-state index is -1.09. The predicted molar refractivity (Wildman–Crippen MR) is 258 cm³/mol. The van der Waals surface area contributed by atoms with E-state index in [1.807, 2.05) is 30.3 Å². The number of carboxylic acids is 1. The molecule has 0 aliphatic carbocycles. The fourth-order valence-corrected chi connectivity index (χ4v) is 6.54. The molecule has 71 heavy (non-hydrogen) atoms. The Balaban J connectivity index is 0.000000312. The first-order chi connectivity index (χ1) is 34.0. The molecule has 0 fully saturated rings. The highest BCUT2D eigenvalue weighted by atomic mass is 16.5. The Morgan fingerprint density at radius 2 is 0.887 bits per heavy atom. The maximum absolute atomic E-state index is 12.9. The lowest BCUT2D eigenvalue weighted by Crippen LogP contribution is -2.43. The number of carbonyl (C=O) groups is 8. The van der Waals surface area contributed by atoms with Crippen molar-refractivity contribution in [2.75, 3.05) is 6.61 Å². The molecule has 0 aliphatic rings. The summed E-state index contributed by atoms with van der Waals surface area (Å²) in [5.41, 5.74) is 4.01. The number of rotatable bonds is 25. The molecule has 5 N–H and O–H groups in total. The number of aliphatic carboxylic acids is 1. The van der Waals surface area contributed by atoms with Gasteiger partial charge in [0.25, 0.3) is 0 Å². The van der Waals surface area contributed by atoms with Crippen molar-refractivity contribution in [1.29, 1.82) is 0 Å². The lowest BCUT2D eigenvalue weighted by Gasteiger charge is -2.18. The van der Waals surface area contributed by atoms with E-state index in [1.165, 1.54) is 19.1 Å². The third kappa shape index (κ3) is 22.1. The summed E-state index contributed by atoms with van der Waals surface area (Å²) in [7, 11) is 0. The van der Waals surface area contributed by atoms with Crippen molar-refractivity contribution in [3.05, 3.63) is 155 Å². The second-order valence-electron chi connectivity index (χ2n) is 16.2. The maximum atomic E-state index is 12.9. The van der Waals surface area contributed by atoms with Crippen LogP contribution in [0.5, 0.6) is 23.0 Å². The topological polar surface area (TPSA) is 258 Å². The number of amides is 2. The lowest BCUT2D eigenvalue weighted by atomic mass is 10.0. The molecule has 374 valence electrons. The number of benzene rings is 5. The minimum Gasteiger partial charge on any atom is -0.508 e. The summed E-state index contributed by atoms with van der Waals surface area (Å²) in [6.07, 6.45) is 1.13. The van der Waals surface area contributed by atoms with Gasteiger partial charge in [-0.3, -0.25) is 24.0 Å². The van der Waals surface area contributed by atoms with Crippen LogP contribution in [0.15, 0.2) is 127 Å². The monoisotopic (exact) mass is 974 g/mol. The Labute approximate surface area is 411 Å². The summed E-state index contributed by atoms with van der Waals surface area (Å²) in [6, 6.07) is 33.5. The van der Waals surface area contributed by atoms with Crippen LogP contribution in [0.2, 0.25) is 0 Å². The van der Waals surface area contributed by atoms with Crippen molar-refractivity contribution in [1.82, 2.24) is 10.6 Å². The second-order valence-corrected chi connectivity index (χ2v) is 16.2. The van der Waals surface area contributed by atoms with Crippen LogP contribution < -0.4 is 20.1 Å². The largest absolute Gasteiger partial charge is 0.508 e. The van der Waals surface area contributed by atoms with Gasteiger partial charge in [0.05, 0.1) is 25.9 Å². The van der Waals surface area contributed by atoms with Crippen molar-refractivity contribution in [3.63, 3.8) is 0 Å². The van der Waals surface area contributed by atoms with Crippen molar-refractivity contribution < 1.29 is 72.6 Å². The van der Waals surface area contributed by atoms with Gasteiger partial charge in [0.15, 0.2) is 0 Å². The molecule has 0 heterocycles. The van der Waals surface area contributed by atoms with E-state index in [4.69, 9.17) is 24.1 Å². The Morgan fingerprint density at radius 3 is 1.30 bits per heavy atom. The molecule has 17 nitrogen and oxygen atoms in total. The Morgan fingerprint density at radius 1 is 0.479 bits per heavy atom. The fourth-order valence-electron chi connectivity index (χ4n) is 6.54. The van der Waals surface area contributed by atoms with Gasteiger partial charge in [-0.15, -0.1) is 0 Å². The molecule has 0 aromatic heterocycles. The number of phenols is 2. The molecule has 17 heteroatoms. The van der Waals surface area contributed by atoms with E-state index >= 15 is 0 Å². The Hall–Kier alpha value is -8.34. The molecular weight excluding hydrogens is 917 g/mol. The van der Waals surface area contributed by atoms with Gasteiger partial charge >= 0.3 is 29.8 Å². The van der Waals surface area contributed by atoms with Crippen LogP contribution in [0.1, 0.15) is 80.2 Å². The average molecular weight is 975 g/mol. The molecule has 5 aromatic rings. The zero-order chi connectivity index (χ0) is 51.5. The van der Waals surface area contributed by atoms with Gasteiger partial charge in [-0.2, -0.15) is 0 Å². The standard InChI is InChI=1S/C29H29NO8.C25H29NO7/c31-23-11-6-20(7-12-23)10-15-26(32)30-25(29(36)37-19-22-4-2-1-3-5-22)18-21-8-13-24(14-9-21)38-28(35)17-16-27(33)34;1-3-32-25(31)22(26-23(29)14-9-18-5-10-20(28)11-6-18)16-19-7-12-21(13-8-19)33-24(30)15-4-17(2)27/h1-9,11-14,25,31H,10,15-19H2,(H,30,32)(H,33,34);5-8,10-13,22,28H,3-4,9,14-16H2,1-2H3,(H,26,29). The van der Waals surface area contributed by atoms with Gasteiger partial charge in [0.2, 0.25) is 11.8 Å². The van der Waals surface area contributed by atoms with Crippen LogP contribution in [-0.4, -0.2) is 81.5 Å². The maximum Gasteiger partial charge on any atom is 0.329 e. The van der Waals surface area contributed by atoms with E-state index in [0.717, 1.165) is 22.3 Å². The number of ether oxygens (including phenoxy) is 4. The summed E-state index contributed by atoms with van der Waals surface area (Å²) in [6.45, 7) is 3.35. The summed E-state index contributed by atoms with van der Waals surface area (Å²) >= 11 is 0. The quantitative estimate of drug-likeness (QED) is 0.0311. The number of hydrogen-bond donors (Lipinski definition) is 5. The molecule has 0 saturated carbocycles. The second kappa shape index (κ2) is 29.5. The summed E-state index contributed by atoms with van der Waals surface area (Å²) < 4.78 is 20.9. The molecule has 5 aromatic carbocycles. The summed E-state index contributed by atoms with van der Waals surface area (Å²) in [4.78, 5) is 95.5. The van der Waals surface area contributed by atoms with Gasteiger partial charge in [-0.25, -0.2) is 9.59 Å². The van der Waals surface area contributed by atoms with Gasteiger partial charge in [0.1, 0.15) is 47.5 Å². The third-order valence-corrected chi connectivity index (χ3v) is 10.3. The smallest absolute Gasteiger partial charge is 0.329 e. The number of carbonyl (C=O) groups excluding carboxylic acids is 7. The minimum absolute atomic E-state index is 0.0121. The molecule has 2 amide bonds. The highest BCUT2D eigenvalue weighted by molar-refractivity contribution is 5.86. The van der Waals surface area contributed by atoms with Gasteiger partial charge in [0, 0.05) is 32.1 Å². The summed E-state index contributed by atoms with van der Waals surface area (Å²) in [5, 5.41) is 32.9. The molecule has 2 unspecified atom stereocenters. The van der Waals surface area contributed by atoms with Crippen molar-refractivity contribution in [2.24, 2.45) is 0 Å². The third-order valence-electron chi connectivity index (χ3n) is 10.3. The van der Waals surface area contributed by atoms with E-state index in [0.29, 0.717) is 24.2 Å². The van der Waals surface area contributed by atoms with Crippen LogP contribution in [0.4, 0.5) is 0 Å². The van der Waals surface area contributed by atoms with Gasteiger partial charge < -0.3 is 49.7 Å². The number of phenolic OH excluding ortho intramolecular Hbond substituents is 2. The fraction of sp³-hybridized carbons (Fsp3) is 0.296. The van der Waals surface area contributed by atoms with Crippen LogP contribution in [0, 0.1) is 0 Å². The number of aryl methyl sites for hydroxylation is 2. The number of ketones is 1. The van der Waals surface area contributed by atoms with Crippen molar-refractivity contribution in [2.45, 2.75) is 96.7 Å². The molecular formula is C54H58N2O15. The van der Waals surface area contributed by atoms with E-state index in [2.05, 4.69) is 10.6 Å². The SMILES string of the molecule is CCOC(=O)C(Cc1ccc(OC(=O)CCC(C)=O)cc1)NC(=O)CCc1ccc(O)cc1.O=C(O)CCC(=O)Oc1ccc(CC(NC(=O)CCc2ccc(O)cc2)C(=O)OCc2ccccc2)cc1. The van der Waals surface area contributed by atoms with Crippen molar-refractivity contribution in [3.8, 4) is 23.0 Å². The molecule has 0 spiro atoms. The molecule has 2 atom stereocenters. The molecule has 0 saturated heterocycles. The molecule has 0 aliphatic heterocycles. The number of Topliss-reactive ketones (excluding diaryl/α,β-unsaturated/α-hetero) is 1. The average Bonchev–Trinajstić information content (AvgIpc) is 3.35. The van der Waals surface area contributed by atoms with Crippen LogP contribution in [0.25, 0.3) is 0 Å². The zero-order valence-electron chi connectivity index (χ0n) is 39.5. The number of nitrogens with one attached hydrogen (secondary N) is 2. The number of aromatic hydroxyl groups is 2. The highest BCUT2D eigenvalue weighted by Crippen LogP contribution is 2.18. The zero-order valence-corrected chi connectivity index (χ0v) is 39.5. The first kappa shape index (κ1) is 55.3.